The highest BCUT2D eigenvalue weighted by Crippen LogP contribution is 2.30. The molecule has 0 unspecified atom stereocenters. The lowest BCUT2D eigenvalue weighted by Crippen LogP contribution is -2.00. The van der Waals surface area contributed by atoms with E-state index in [2.05, 4.69) is 25.9 Å². The summed E-state index contributed by atoms with van der Waals surface area (Å²) in [4.78, 5) is 7.48. The molecule has 0 radical (unpaired) electrons. The van der Waals surface area contributed by atoms with E-state index in [1.165, 1.54) is 12.1 Å². The minimum Gasteiger partial charge on any atom is -0.342 e. The average molecular weight is 362 g/mol. The average Bonchev–Trinajstić information content (AvgIpc) is 2.32. The molecule has 0 saturated carbocycles. The molecule has 0 aliphatic heterocycles. The lowest BCUT2D eigenvalue weighted by atomic mass is 10.1. The van der Waals surface area contributed by atoms with Gasteiger partial charge in [0.15, 0.2) is 0 Å². The van der Waals surface area contributed by atoms with E-state index in [0.717, 1.165) is 10.2 Å². The number of nitrogens with one attached hydrogen (secondary N) is 1. The molecule has 2 nitrogen and oxygen atoms in total. The molecule has 2 aromatic rings. The summed E-state index contributed by atoms with van der Waals surface area (Å²) in [6.45, 7) is 4.09. The van der Waals surface area contributed by atoms with Gasteiger partial charge in [-0.05, 0) is 40.0 Å². The van der Waals surface area contributed by atoms with Crippen molar-refractivity contribution in [1.82, 2.24) is 9.97 Å². The standard InChI is InChI=1S/C13H11BrClFN2S/c1-6(2)11-10(14)13(19)18-12(17-11)8-4-3-7(16)5-9(8)15/h3-6H,1-2H3,(H,17,18,19). The summed E-state index contributed by atoms with van der Waals surface area (Å²) >= 11 is 14.7. The molecule has 6 heteroatoms. The van der Waals surface area contributed by atoms with E-state index >= 15 is 0 Å². The van der Waals surface area contributed by atoms with E-state index in [0.29, 0.717) is 21.1 Å². The molecule has 0 saturated heterocycles. The van der Waals surface area contributed by atoms with Crippen molar-refractivity contribution in [2.75, 3.05) is 0 Å². The number of aromatic amines is 1. The Bertz CT molecular complexity index is 685. The van der Waals surface area contributed by atoms with Gasteiger partial charge < -0.3 is 4.98 Å². The second-order valence-electron chi connectivity index (χ2n) is 4.40. The lowest BCUT2D eigenvalue weighted by molar-refractivity contribution is 0.628. The molecule has 1 heterocycles. The Hall–Kier alpha value is -0.780. The molecule has 100 valence electrons. The van der Waals surface area contributed by atoms with Crippen molar-refractivity contribution in [2.24, 2.45) is 0 Å². The molecule has 1 N–H and O–H groups in total. The smallest absolute Gasteiger partial charge is 0.144 e. The summed E-state index contributed by atoms with van der Waals surface area (Å²) in [5.74, 6) is 0.410. The predicted molar refractivity (Wildman–Crippen MR) is 81.6 cm³/mol. The van der Waals surface area contributed by atoms with Crippen LogP contribution in [0.4, 0.5) is 4.39 Å². The Balaban J connectivity index is 2.66. The van der Waals surface area contributed by atoms with Crippen LogP contribution in [0.5, 0.6) is 0 Å². The van der Waals surface area contributed by atoms with E-state index in [9.17, 15) is 4.39 Å². The Morgan fingerprint density at radius 2 is 2.11 bits per heavy atom. The summed E-state index contributed by atoms with van der Waals surface area (Å²) in [5.41, 5.74) is 1.57. The zero-order valence-electron chi connectivity index (χ0n) is 10.3. The summed E-state index contributed by atoms with van der Waals surface area (Å²) < 4.78 is 14.3. The highest BCUT2D eigenvalue weighted by Gasteiger charge is 2.13. The Morgan fingerprint density at radius 3 is 2.68 bits per heavy atom. The minimum atomic E-state index is -0.381. The Kier molecular flexibility index (Phi) is 4.38. The van der Waals surface area contributed by atoms with Crippen molar-refractivity contribution in [3.8, 4) is 11.4 Å². The Labute approximate surface area is 129 Å². The summed E-state index contributed by atoms with van der Waals surface area (Å²) in [6.07, 6.45) is 0. The summed E-state index contributed by atoms with van der Waals surface area (Å²) in [6, 6.07) is 4.19. The first-order chi connectivity index (χ1) is 8.90. The van der Waals surface area contributed by atoms with Crippen LogP contribution < -0.4 is 0 Å². The fourth-order valence-electron chi connectivity index (χ4n) is 1.68. The highest BCUT2D eigenvalue weighted by molar-refractivity contribution is 9.10. The van der Waals surface area contributed by atoms with Crippen LogP contribution >= 0.6 is 39.7 Å². The van der Waals surface area contributed by atoms with E-state index in [4.69, 9.17) is 23.8 Å². The van der Waals surface area contributed by atoms with Crippen molar-refractivity contribution in [3.05, 3.63) is 43.8 Å². The number of benzene rings is 1. The maximum atomic E-state index is 13.1. The molecule has 0 amide bonds. The van der Waals surface area contributed by atoms with E-state index in [-0.39, 0.29) is 11.7 Å². The third-order valence-corrected chi connectivity index (χ3v) is 4.33. The molecule has 0 aliphatic rings. The highest BCUT2D eigenvalue weighted by atomic mass is 79.9. The van der Waals surface area contributed by atoms with Crippen LogP contribution in [0.15, 0.2) is 22.7 Å². The van der Waals surface area contributed by atoms with Gasteiger partial charge in [0, 0.05) is 11.3 Å². The molecule has 1 aromatic carbocycles. The molecule has 2 rings (SSSR count). The van der Waals surface area contributed by atoms with Gasteiger partial charge in [-0.25, -0.2) is 9.37 Å². The number of nitrogens with zero attached hydrogens (tertiary/aromatic N) is 1. The van der Waals surface area contributed by atoms with Crippen LogP contribution in [-0.2, 0) is 0 Å². The van der Waals surface area contributed by atoms with Gasteiger partial charge >= 0.3 is 0 Å². The summed E-state index contributed by atoms with van der Waals surface area (Å²) in [7, 11) is 0. The van der Waals surface area contributed by atoms with Crippen LogP contribution in [0.25, 0.3) is 11.4 Å². The van der Waals surface area contributed by atoms with Crippen LogP contribution in [0, 0.1) is 10.5 Å². The summed E-state index contributed by atoms with van der Waals surface area (Å²) in [5, 5.41) is 0.301. The zero-order valence-corrected chi connectivity index (χ0v) is 13.5. The minimum absolute atomic E-state index is 0.247. The molecule has 19 heavy (non-hydrogen) atoms. The van der Waals surface area contributed by atoms with Crippen molar-refractivity contribution in [1.29, 1.82) is 0 Å². The molecule has 0 atom stereocenters. The second-order valence-corrected chi connectivity index (χ2v) is 5.98. The van der Waals surface area contributed by atoms with Crippen molar-refractivity contribution in [3.63, 3.8) is 0 Å². The van der Waals surface area contributed by atoms with Gasteiger partial charge in [-0.15, -0.1) is 0 Å². The third-order valence-electron chi connectivity index (χ3n) is 2.65. The third kappa shape index (κ3) is 3.04. The first-order valence-electron chi connectivity index (χ1n) is 5.65. The molecular weight excluding hydrogens is 351 g/mol. The molecule has 0 fully saturated rings. The molecule has 1 aromatic heterocycles. The first-order valence-corrected chi connectivity index (χ1v) is 7.23. The second kappa shape index (κ2) is 5.69. The predicted octanol–water partition coefficient (Wildman–Crippen LogP) is 5.48. The number of hydrogen-bond donors (Lipinski definition) is 1. The van der Waals surface area contributed by atoms with E-state index < -0.39 is 0 Å². The van der Waals surface area contributed by atoms with Gasteiger partial charge in [-0.2, -0.15) is 0 Å². The van der Waals surface area contributed by atoms with E-state index in [1.807, 2.05) is 13.8 Å². The Morgan fingerprint density at radius 1 is 1.42 bits per heavy atom. The number of halogens is 3. The topological polar surface area (TPSA) is 28.7 Å². The van der Waals surface area contributed by atoms with Gasteiger partial charge in [-0.1, -0.05) is 37.7 Å². The normalized spacial score (nSPS) is 11.1. The monoisotopic (exact) mass is 360 g/mol. The number of H-pyrrole nitrogens is 1. The van der Waals surface area contributed by atoms with Gasteiger partial charge in [0.1, 0.15) is 16.3 Å². The number of rotatable bonds is 2. The van der Waals surface area contributed by atoms with Gasteiger partial charge in [0.2, 0.25) is 0 Å². The molecule has 0 bridgehead atoms. The SMILES string of the molecule is CC(C)c1[nH]c(-c2ccc(F)cc2Cl)nc(=S)c1Br. The number of hydrogen-bond acceptors (Lipinski definition) is 2. The van der Waals surface area contributed by atoms with Gasteiger partial charge in [0.25, 0.3) is 0 Å². The maximum absolute atomic E-state index is 13.1. The first kappa shape index (κ1) is 14.6. The molecule has 0 aliphatic carbocycles. The molecule has 0 spiro atoms. The van der Waals surface area contributed by atoms with Crippen LogP contribution in [0.1, 0.15) is 25.5 Å². The van der Waals surface area contributed by atoms with E-state index in [1.54, 1.807) is 6.07 Å². The van der Waals surface area contributed by atoms with Crippen LogP contribution in [0.2, 0.25) is 5.02 Å². The van der Waals surface area contributed by atoms with Crippen LogP contribution in [0.3, 0.4) is 0 Å². The van der Waals surface area contributed by atoms with Crippen molar-refractivity contribution >= 4 is 39.7 Å². The quantitative estimate of drug-likeness (QED) is 0.717. The fourth-order valence-corrected chi connectivity index (χ4v) is 2.79. The van der Waals surface area contributed by atoms with Crippen molar-refractivity contribution < 1.29 is 4.39 Å². The maximum Gasteiger partial charge on any atom is 0.144 e. The molecular formula is C13H11BrClFN2S. The number of aromatic nitrogens is 2. The zero-order chi connectivity index (χ0) is 14.2. The lowest BCUT2D eigenvalue weighted by Gasteiger charge is -2.12. The fraction of sp³-hybridized carbons (Fsp3) is 0.231. The van der Waals surface area contributed by atoms with Crippen molar-refractivity contribution in [2.45, 2.75) is 19.8 Å². The largest absolute Gasteiger partial charge is 0.342 e. The van der Waals surface area contributed by atoms with Gasteiger partial charge in [0.05, 0.1) is 9.50 Å². The van der Waals surface area contributed by atoms with Crippen LogP contribution in [-0.4, -0.2) is 9.97 Å². The van der Waals surface area contributed by atoms with Gasteiger partial charge in [-0.3, -0.25) is 0 Å².